The number of pyridine rings is 1. The van der Waals surface area contributed by atoms with Crippen molar-refractivity contribution in [1.29, 1.82) is 0 Å². The van der Waals surface area contributed by atoms with Gasteiger partial charge in [0.2, 0.25) is 5.91 Å². The second kappa shape index (κ2) is 3.51. The van der Waals surface area contributed by atoms with Gasteiger partial charge in [-0.25, -0.2) is 4.98 Å². The number of carbonyl (C=O) groups is 1. The molecule has 80 valence electrons. The van der Waals surface area contributed by atoms with Crippen molar-refractivity contribution in [3.8, 4) is 5.75 Å². The van der Waals surface area contributed by atoms with Gasteiger partial charge in [0, 0.05) is 13.2 Å². The molecule has 0 unspecified atom stereocenters. The second-order valence-electron chi connectivity index (χ2n) is 3.57. The van der Waals surface area contributed by atoms with Crippen LogP contribution in [-0.4, -0.2) is 30.1 Å². The van der Waals surface area contributed by atoms with Crippen LogP contribution in [0.15, 0.2) is 18.3 Å². The normalized spacial score (nSPS) is 25.5. The topological polar surface area (TPSA) is 68.5 Å². The fraction of sp³-hybridized carbons (Fsp3) is 0.400. The molecule has 0 saturated heterocycles. The van der Waals surface area contributed by atoms with E-state index in [2.05, 4.69) is 4.98 Å². The number of fused-ring (bicyclic) bond motifs is 1. The SMILES string of the molecule is C[C@H]1Oc2cccnc2N(C)C(=O)[C@H]1N. The summed E-state index contributed by atoms with van der Waals surface area (Å²) < 4.78 is 5.56. The van der Waals surface area contributed by atoms with Crippen LogP contribution < -0.4 is 15.4 Å². The van der Waals surface area contributed by atoms with Crippen molar-refractivity contribution in [2.45, 2.75) is 19.1 Å². The van der Waals surface area contributed by atoms with Gasteiger partial charge in [0.05, 0.1) is 0 Å². The molecule has 5 nitrogen and oxygen atoms in total. The van der Waals surface area contributed by atoms with E-state index < -0.39 is 6.04 Å². The van der Waals surface area contributed by atoms with Gasteiger partial charge in [0.15, 0.2) is 11.6 Å². The summed E-state index contributed by atoms with van der Waals surface area (Å²) in [4.78, 5) is 17.3. The number of ether oxygens (including phenoxy) is 1. The highest BCUT2D eigenvalue weighted by Crippen LogP contribution is 2.28. The first-order valence-electron chi connectivity index (χ1n) is 4.76. The van der Waals surface area contributed by atoms with Gasteiger partial charge in [-0.05, 0) is 19.1 Å². The Morgan fingerprint density at radius 1 is 1.60 bits per heavy atom. The highest BCUT2D eigenvalue weighted by molar-refractivity contribution is 5.97. The zero-order chi connectivity index (χ0) is 11.0. The monoisotopic (exact) mass is 207 g/mol. The van der Waals surface area contributed by atoms with Crippen molar-refractivity contribution in [2.24, 2.45) is 5.73 Å². The lowest BCUT2D eigenvalue weighted by Crippen LogP contribution is -2.48. The molecule has 0 aromatic carbocycles. The van der Waals surface area contributed by atoms with E-state index in [0.29, 0.717) is 11.6 Å². The third-order valence-corrected chi connectivity index (χ3v) is 2.50. The Bertz CT molecular complexity index is 394. The maximum Gasteiger partial charge on any atom is 0.248 e. The molecule has 0 spiro atoms. The highest BCUT2D eigenvalue weighted by atomic mass is 16.5. The number of carbonyl (C=O) groups excluding carboxylic acids is 1. The first kappa shape index (κ1) is 9.92. The number of nitrogens with zero attached hydrogens (tertiary/aromatic N) is 2. The molecule has 1 aliphatic rings. The summed E-state index contributed by atoms with van der Waals surface area (Å²) in [5, 5.41) is 0. The van der Waals surface area contributed by atoms with Crippen molar-refractivity contribution < 1.29 is 9.53 Å². The van der Waals surface area contributed by atoms with Crippen LogP contribution in [0.5, 0.6) is 5.75 Å². The van der Waals surface area contributed by atoms with Gasteiger partial charge in [-0.15, -0.1) is 0 Å². The average Bonchev–Trinajstić information content (AvgIpc) is 2.32. The summed E-state index contributed by atoms with van der Waals surface area (Å²) in [6, 6.07) is 2.89. The third-order valence-electron chi connectivity index (χ3n) is 2.50. The molecule has 1 aromatic heterocycles. The molecule has 1 aromatic rings. The van der Waals surface area contributed by atoms with E-state index in [-0.39, 0.29) is 12.0 Å². The predicted molar refractivity (Wildman–Crippen MR) is 55.7 cm³/mol. The lowest BCUT2D eigenvalue weighted by atomic mass is 10.2. The van der Waals surface area contributed by atoms with Crippen LogP contribution >= 0.6 is 0 Å². The number of hydrogen-bond acceptors (Lipinski definition) is 4. The molecule has 2 N–H and O–H groups in total. The summed E-state index contributed by atoms with van der Waals surface area (Å²) in [5.74, 6) is 0.927. The Hall–Kier alpha value is -1.62. The maximum absolute atomic E-state index is 11.8. The van der Waals surface area contributed by atoms with E-state index in [4.69, 9.17) is 10.5 Å². The van der Waals surface area contributed by atoms with Gasteiger partial charge in [-0.2, -0.15) is 0 Å². The number of aromatic nitrogens is 1. The molecule has 0 saturated carbocycles. The molecule has 0 fully saturated rings. The van der Waals surface area contributed by atoms with Crippen molar-refractivity contribution in [3.63, 3.8) is 0 Å². The number of nitrogens with two attached hydrogens (primary N) is 1. The van der Waals surface area contributed by atoms with Crippen LogP contribution in [0.4, 0.5) is 5.82 Å². The first-order chi connectivity index (χ1) is 7.11. The summed E-state index contributed by atoms with van der Waals surface area (Å²) in [6.07, 6.45) is 1.28. The van der Waals surface area contributed by atoms with Gasteiger partial charge < -0.3 is 10.5 Å². The van der Waals surface area contributed by atoms with E-state index >= 15 is 0 Å². The smallest absolute Gasteiger partial charge is 0.248 e. The van der Waals surface area contributed by atoms with Crippen molar-refractivity contribution in [1.82, 2.24) is 4.98 Å². The highest BCUT2D eigenvalue weighted by Gasteiger charge is 2.32. The molecule has 2 heterocycles. The Morgan fingerprint density at radius 2 is 2.33 bits per heavy atom. The molecule has 15 heavy (non-hydrogen) atoms. The van der Waals surface area contributed by atoms with Gasteiger partial charge >= 0.3 is 0 Å². The average molecular weight is 207 g/mol. The molecule has 5 heteroatoms. The fourth-order valence-corrected chi connectivity index (χ4v) is 1.53. The lowest BCUT2D eigenvalue weighted by Gasteiger charge is -2.17. The Balaban J connectivity index is 2.49. The second-order valence-corrected chi connectivity index (χ2v) is 3.57. The Morgan fingerprint density at radius 3 is 3.07 bits per heavy atom. The number of likely N-dealkylation sites (N-methyl/N-ethyl adjacent to an activating group) is 1. The molecule has 0 bridgehead atoms. The molecular weight excluding hydrogens is 194 g/mol. The number of hydrogen-bond donors (Lipinski definition) is 1. The van der Waals surface area contributed by atoms with Crippen molar-refractivity contribution >= 4 is 11.7 Å². The molecule has 2 rings (SSSR count). The van der Waals surface area contributed by atoms with Crippen LogP contribution in [0.2, 0.25) is 0 Å². The standard InChI is InChI=1S/C10H13N3O2/c1-6-8(11)10(14)13(2)9-7(15-6)4-3-5-12-9/h3-6,8H,11H2,1-2H3/t6-,8+/m1/s1. The van der Waals surface area contributed by atoms with Crippen LogP contribution in [0, 0.1) is 0 Å². The summed E-state index contributed by atoms with van der Waals surface area (Å²) in [6.45, 7) is 1.78. The number of rotatable bonds is 0. The van der Waals surface area contributed by atoms with Gasteiger partial charge in [-0.1, -0.05) is 0 Å². The third kappa shape index (κ3) is 1.55. The van der Waals surface area contributed by atoms with Crippen LogP contribution in [0.25, 0.3) is 0 Å². The molecule has 0 radical (unpaired) electrons. The van der Waals surface area contributed by atoms with Gasteiger partial charge in [0.1, 0.15) is 12.1 Å². The quantitative estimate of drug-likeness (QED) is 0.657. The number of anilines is 1. The molecule has 1 amide bonds. The van der Waals surface area contributed by atoms with E-state index in [1.807, 2.05) is 0 Å². The minimum absolute atomic E-state index is 0.181. The maximum atomic E-state index is 11.8. The minimum Gasteiger partial charge on any atom is -0.485 e. The molecule has 1 aliphatic heterocycles. The molecule has 0 aliphatic carbocycles. The van der Waals surface area contributed by atoms with Crippen LogP contribution in [0.1, 0.15) is 6.92 Å². The minimum atomic E-state index is -0.649. The van der Waals surface area contributed by atoms with E-state index in [1.54, 1.807) is 32.3 Å². The Labute approximate surface area is 87.8 Å². The van der Waals surface area contributed by atoms with Gasteiger partial charge in [0.25, 0.3) is 0 Å². The predicted octanol–water partition coefficient (Wildman–Crippen LogP) is 0.153. The zero-order valence-electron chi connectivity index (χ0n) is 8.68. The fourth-order valence-electron chi connectivity index (χ4n) is 1.53. The van der Waals surface area contributed by atoms with Crippen molar-refractivity contribution in [2.75, 3.05) is 11.9 Å². The molecular formula is C10H13N3O2. The summed E-state index contributed by atoms with van der Waals surface area (Å²) >= 11 is 0. The van der Waals surface area contributed by atoms with Crippen molar-refractivity contribution in [3.05, 3.63) is 18.3 Å². The van der Waals surface area contributed by atoms with Crippen LogP contribution in [-0.2, 0) is 4.79 Å². The number of amides is 1. The summed E-state index contributed by atoms with van der Waals surface area (Å²) in [7, 11) is 1.65. The van der Waals surface area contributed by atoms with E-state index in [0.717, 1.165) is 0 Å². The Kier molecular flexibility index (Phi) is 2.32. The summed E-state index contributed by atoms with van der Waals surface area (Å²) in [5.41, 5.74) is 5.75. The van der Waals surface area contributed by atoms with Gasteiger partial charge in [-0.3, -0.25) is 9.69 Å². The van der Waals surface area contributed by atoms with Crippen LogP contribution in [0.3, 0.4) is 0 Å². The van der Waals surface area contributed by atoms with E-state index in [1.165, 1.54) is 4.90 Å². The zero-order valence-corrected chi connectivity index (χ0v) is 8.68. The lowest BCUT2D eigenvalue weighted by molar-refractivity contribution is -0.120. The van der Waals surface area contributed by atoms with E-state index in [9.17, 15) is 4.79 Å². The first-order valence-corrected chi connectivity index (χ1v) is 4.76. The largest absolute Gasteiger partial charge is 0.485 e. The molecule has 2 atom stereocenters.